The van der Waals surface area contributed by atoms with E-state index in [2.05, 4.69) is 137 Å². The molecule has 2 aromatic heterocycles. The molecule has 8 N–H and O–H groups in total. The van der Waals surface area contributed by atoms with Crippen LogP contribution in [0.4, 0.5) is 51.7 Å². The summed E-state index contributed by atoms with van der Waals surface area (Å²) in [6, 6.07) is 45.0. The van der Waals surface area contributed by atoms with Crippen molar-refractivity contribution in [2.75, 3.05) is 64.9 Å². The minimum Gasteiger partial charge on any atom is -0.870 e. The van der Waals surface area contributed by atoms with Crippen molar-refractivity contribution in [3.05, 3.63) is 150 Å². The summed E-state index contributed by atoms with van der Waals surface area (Å²) in [4.78, 5) is 62.9. The van der Waals surface area contributed by atoms with Gasteiger partial charge in [0, 0.05) is 44.2 Å². The Bertz CT molecular complexity index is 3960. The number of nitrogens with one attached hydrogen (secondary N) is 4. The monoisotopic (exact) mass is 1450 g/mol. The molecule has 8 aromatic rings. The van der Waals surface area contributed by atoms with Crippen LogP contribution in [-0.4, -0.2) is 106 Å². The largest absolute Gasteiger partial charge is 1.00 e. The number of hydrogen-bond acceptors (Lipinski definition) is 15. The molecule has 0 amide bonds. The Morgan fingerprint density at radius 1 is 0.519 bits per heavy atom. The van der Waals surface area contributed by atoms with Crippen molar-refractivity contribution in [1.29, 1.82) is 0 Å². The van der Waals surface area contributed by atoms with Crippen LogP contribution in [0.25, 0.3) is 22.1 Å². The number of para-hydroxylation sites is 5. The number of halogens is 1. The van der Waals surface area contributed by atoms with Crippen molar-refractivity contribution >= 4 is 108 Å². The number of esters is 2. The summed E-state index contributed by atoms with van der Waals surface area (Å²) in [6.07, 6.45) is 20.8. The first-order valence-electron chi connectivity index (χ1n) is 37.7. The van der Waals surface area contributed by atoms with Crippen LogP contribution >= 0.6 is 11.6 Å². The number of hydrogen-bond donors (Lipinski definition) is 6. The zero-order valence-electron chi connectivity index (χ0n) is 64.0. The van der Waals surface area contributed by atoms with Crippen molar-refractivity contribution in [2.45, 2.75) is 220 Å². The van der Waals surface area contributed by atoms with Gasteiger partial charge in [0.2, 0.25) is 11.9 Å². The van der Waals surface area contributed by atoms with E-state index in [0.29, 0.717) is 59.8 Å². The molecule has 0 radical (unpaired) electrons. The van der Waals surface area contributed by atoms with E-state index in [1.54, 1.807) is 0 Å². The number of aromatic nitrogens is 4. The number of aromatic amines is 2. The fourth-order valence-corrected chi connectivity index (χ4v) is 15.1. The van der Waals surface area contributed by atoms with E-state index in [0.717, 1.165) is 99.2 Å². The van der Waals surface area contributed by atoms with Crippen LogP contribution in [0.5, 0.6) is 0 Å². The van der Waals surface area contributed by atoms with Gasteiger partial charge >= 0.3 is 47.5 Å². The molecule has 3 unspecified atom stereocenters. The molecular weight excluding hydrogens is 1330 g/mol. The second-order valence-electron chi connectivity index (χ2n) is 30.0. The van der Waals surface area contributed by atoms with Gasteiger partial charge in [0.25, 0.3) is 0 Å². The molecule has 3 atom stereocenters. The molecule has 3 heterocycles. The molecular formula is C84H115ClN11NaO7. The maximum Gasteiger partial charge on any atom is 1.00 e. The van der Waals surface area contributed by atoms with Crippen molar-refractivity contribution < 1.29 is 64.0 Å². The Hall–Kier alpha value is -7.61. The summed E-state index contributed by atoms with van der Waals surface area (Å²) in [5, 5.41) is 17.1. The summed E-state index contributed by atoms with van der Waals surface area (Å²) in [5.41, 5.74) is 22.1. The van der Waals surface area contributed by atoms with E-state index < -0.39 is 5.97 Å². The number of anilines is 8. The van der Waals surface area contributed by atoms with Gasteiger partial charge in [-0.15, -0.1) is 0 Å². The molecule has 20 heteroatoms. The Labute approximate surface area is 645 Å². The number of carbonyl (C=O) groups is 3. The molecule has 0 saturated heterocycles. The molecule has 3 saturated carbocycles. The molecule has 3 aliphatic carbocycles. The first-order chi connectivity index (χ1) is 49.1. The molecule has 18 nitrogen and oxygen atoms in total. The third-order valence-electron chi connectivity index (χ3n) is 20.2. The molecule has 104 heavy (non-hydrogen) atoms. The standard InChI is InChI=1S/C28H38N4O2.C27H36N4O2.C21H34N2O2.C8H6ClN.Na.H2O/c1-19(2)18-32(22-10-6-5-7-11-22)26-15-14-21(20(3)16-27(33)34-4)17-25(26)31-28-29-23-12-8-9-13-24(23)30-28;1-18(2)17-31(21-9-5-4-6-10-21)25-14-13-20(19(3)15-26(32)33)16-24(25)30-27-28-22-11-7-8-12-23(22)29-27;1-15(2)14-23(18-8-6-5-7-9-18)20-11-10-17(13-19(20)22)16(3)12-21(24)25-4;9-8-5-6-3-1-2-4-7(6)10-8;;/h8-9,12-15,17,19-20,22H,5-7,10-11,16,18H2,1-4H3,(H2,29,30,31);7-8,11-14,16,18-19,21H,4-6,9-10,15,17H2,1-3H3,(H,32,33)(H2,28,29,30);10-11,13,15-16,18H,5-9,12,14,22H2,1-4H3;1-4H,5H2;;1H2/q;;;;+1;/p-1. The first-order valence-corrected chi connectivity index (χ1v) is 38.1. The van der Waals surface area contributed by atoms with Crippen LogP contribution < -0.4 is 60.6 Å². The van der Waals surface area contributed by atoms with Crippen LogP contribution in [0.2, 0.25) is 0 Å². The van der Waals surface area contributed by atoms with Gasteiger partial charge in [-0.3, -0.25) is 14.4 Å². The summed E-state index contributed by atoms with van der Waals surface area (Å²) in [7, 11) is 2.88. The van der Waals surface area contributed by atoms with Crippen LogP contribution in [0.3, 0.4) is 0 Å². The SMILES string of the molecule is CC(C)CN(c1ccc(C(C)CC(=O)O)cc1Nc1nc2ccccc2[nH]1)C1CCCCC1.COC(=O)CC(C)c1ccc(N(CC(C)C)C2CCCCC2)c(N)c1.COC(=O)CC(C)c1ccc(N(CC(C)C)C2CCCCC2)c(Nc2nc3ccccc3[nH]2)c1.ClC1=Nc2ccccc2C1.[Na+].[OH-]. The Kier molecular flexibility index (Phi) is 33.3. The summed E-state index contributed by atoms with van der Waals surface area (Å²) in [6.45, 7) is 22.8. The van der Waals surface area contributed by atoms with Crippen LogP contribution in [-0.2, 0) is 30.3 Å². The van der Waals surface area contributed by atoms with Gasteiger partial charge in [-0.05, 0) is 163 Å². The average molecular weight is 1450 g/mol. The second kappa shape index (κ2) is 41.3. The van der Waals surface area contributed by atoms with Gasteiger partial charge in [0.1, 0.15) is 5.17 Å². The van der Waals surface area contributed by atoms with E-state index in [-0.39, 0.29) is 71.1 Å². The number of carboxylic acids is 1. The van der Waals surface area contributed by atoms with Gasteiger partial charge in [0.15, 0.2) is 0 Å². The second-order valence-corrected chi connectivity index (χ2v) is 30.4. The van der Waals surface area contributed by atoms with Crippen LogP contribution in [0, 0.1) is 17.8 Å². The molecule has 12 rings (SSSR count). The predicted molar refractivity (Wildman–Crippen MR) is 425 cm³/mol. The van der Waals surface area contributed by atoms with Gasteiger partial charge in [0.05, 0.1) is 95.4 Å². The molecule has 6 aromatic carbocycles. The number of H-pyrrole nitrogens is 2. The normalized spacial score (nSPS) is 15.4. The zero-order valence-corrected chi connectivity index (χ0v) is 66.7. The van der Waals surface area contributed by atoms with E-state index in [1.807, 2.05) is 92.7 Å². The molecule has 3 fully saturated rings. The zero-order chi connectivity index (χ0) is 72.8. The third kappa shape index (κ3) is 24.2. The number of benzene rings is 6. The van der Waals surface area contributed by atoms with Crippen molar-refractivity contribution in [3.8, 4) is 0 Å². The number of methoxy groups -OCH3 is 2. The minimum absolute atomic E-state index is 0. The van der Waals surface area contributed by atoms with Crippen molar-refractivity contribution in [1.82, 2.24) is 19.9 Å². The number of aliphatic carboxylic acids is 1. The van der Waals surface area contributed by atoms with Gasteiger partial charge in [-0.25, -0.2) is 15.0 Å². The Morgan fingerprint density at radius 2 is 0.885 bits per heavy atom. The number of carboxylic acid groups (broad SMARTS) is 1. The maximum absolute atomic E-state index is 11.9. The van der Waals surface area contributed by atoms with E-state index in [1.165, 1.54) is 127 Å². The van der Waals surface area contributed by atoms with Gasteiger partial charge < -0.3 is 61.1 Å². The van der Waals surface area contributed by atoms with Crippen molar-refractivity contribution in [3.63, 3.8) is 0 Å². The Morgan fingerprint density at radius 3 is 1.26 bits per heavy atom. The summed E-state index contributed by atoms with van der Waals surface area (Å²) in [5.74, 6) is 2.08. The molecule has 556 valence electrons. The van der Waals surface area contributed by atoms with Gasteiger partial charge in [-0.2, -0.15) is 0 Å². The third-order valence-corrected chi connectivity index (χ3v) is 20.4. The van der Waals surface area contributed by atoms with E-state index >= 15 is 0 Å². The number of nitrogens with zero attached hydrogens (tertiary/aromatic N) is 6. The average Bonchev–Trinajstić information content (AvgIpc) is 1.32. The fraction of sp³-hybridized carbons (Fsp3) is 0.500. The van der Waals surface area contributed by atoms with Crippen LogP contribution in [0.15, 0.2) is 132 Å². The molecule has 0 bridgehead atoms. The van der Waals surface area contributed by atoms with Gasteiger partial charge in [-0.1, -0.05) is 192 Å². The van der Waals surface area contributed by atoms with Crippen LogP contribution in [0.1, 0.15) is 218 Å². The maximum atomic E-state index is 11.9. The number of nitrogens with two attached hydrogens (primary N) is 1. The molecule has 4 aliphatic rings. The minimum atomic E-state index is -0.776. The van der Waals surface area contributed by atoms with Crippen molar-refractivity contribution in [2.24, 2.45) is 22.7 Å². The fourth-order valence-electron chi connectivity index (χ4n) is 14.9. The number of imidazole rings is 2. The topological polar surface area (TPSA) is 249 Å². The predicted octanol–water partition coefficient (Wildman–Crippen LogP) is 17.5. The number of rotatable bonds is 25. The van der Waals surface area contributed by atoms with E-state index in [4.69, 9.17) is 36.8 Å². The quantitative estimate of drug-likeness (QED) is 0.0177. The Balaban J connectivity index is 0.000000204. The molecule has 0 spiro atoms. The number of ether oxygens (including phenoxy) is 2. The van der Waals surface area contributed by atoms with E-state index in [9.17, 15) is 19.5 Å². The number of fused-ring (bicyclic) bond motifs is 3. The first kappa shape index (κ1) is 83.7. The number of nitrogen functional groups attached to an aromatic ring is 1. The molecule has 1 aliphatic heterocycles. The summed E-state index contributed by atoms with van der Waals surface area (Å²) < 4.78 is 9.69. The number of carbonyl (C=O) groups excluding carboxylic acids is 2. The number of aliphatic imine (C=N–C) groups is 1. The smallest absolute Gasteiger partial charge is 0.870 e. The summed E-state index contributed by atoms with van der Waals surface area (Å²) >= 11 is 5.73.